The summed E-state index contributed by atoms with van der Waals surface area (Å²) in [4.78, 5) is 0.386. The molecule has 0 aliphatic heterocycles. The van der Waals surface area contributed by atoms with Gasteiger partial charge in [0.15, 0.2) is 0 Å². The van der Waals surface area contributed by atoms with Gasteiger partial charge >= 0.3 is 0 Å². The van der Waals surface area contributed by atoms with Crippen LogP contribution < -0.4 is 10.5 Å². The number of anilines is 1. The zero-order valence-corrected chi connectivity index (χ0v) is 13.5. The minimum atomic E-state index is -3.67. The number of hydrogen-bond acceptors (Lipinski definition) is 3. The molecule has 7 heteroatoms. The highest BCUT2D eigenvalue weighted by molar-refractivity contribution is 7.92. The summed E-state index contributed by atoms with van der Waals surface area (Å²) < 4.78 is 27.1. The molecule has 4 nitrogen and oxygen atoms in total. The second kappa shape index (κ2) is 6.01. The lowest BCUT2D eigenvalue weighted by atomic mass is 10.1. The van der Waals surface area contributed by atoms with Gasteiger partial charge in [0, 0.05) is 16.3 Å². The monoisotopic (exact) mass is 340 g/mol. The Morgan fingerprint density at radius 2 is 1.81 bits per heavy atom. The van der Waals surface area contributed by atoms with Crippen LogP contribution in [0.4, 0.5) is 5.69 Å². The molecule has 0 radical (unpaired) electrons. The summed E-state index contributed by atoms with van der Waals surface area (Å²) in [6.07, 6.45) is 0. The third kappa shape index (κ3) is 3.72. The molecule has 0 unspecified atom stereocenters. The van der Waals surface area contributed by atoms with Crippen LogP contribution in [0, 0.1) is 6.92 Å². The minimum absolute atomic E-state index is 0.148. The molecule has 0 aliphatic rings. The van der Waals surface area contributed by atoms with Crippen molar-refractivity contribution in [3.8, 4) is 0 Å². The van der Waals surface area contributed by atoms with E-state index in [4.69, 9.17) is 29.6 Å². The van der Waals surface area contributed by atoms with Crippen LogP contribution in [0.15, 0.2) is 47.4 Å². The fourth-order valence-corrected chi connectivity index (χ4v) is 3.31. The first-order valence-electron chi connectivity index (χ1n) is 5.98. The zero-order valence-electron chi connectivity index (χ0n) is 11.1. The van der Waals surface area contributed by atoms with Crippen molar-refractivity contribution in [2.24, 2.45) is 5.73 Å². The van der Waals surface area contributed by atoms with Gasteiger partial charge in [-0.15, -0.1) is 0 Å². The Bertz CT molecular complexity index is 787. The van der Waals surface area contributed by atoms with Crippen molar-refractivity contribution >= 4 is 44.5 Å². The van der Waals surface area contributed by atoms with Crippen LogP contribution in [-0.2, 0) is 10.0 Å². The largest absolute Gasteiger partial charge is 0.389 e. The van der Waals surface area contributed by atoms with Crippen LogP contribution in [0.5, 0.6) is 0 Å². The number of rotatable bonds is 4. The first kappa shape index (κ1) is 15.8. The number of benzene rings is 2. The van der Waals surface area contributed by atoms with Crippen LogP contribution >= 0.6 is 23.8 Å². The number of nitrogens with two attached hydrogens (primary N) is 1. The number of aryl methyl sites for hydroxylation is 1. The van der Waals surface area contributed by atoms with Gasteiger partial charge in [0.1, 0.15) is 4.99 Å². The van der Waals surface area contributed by atoms with E-state index in [1.807, 2.05) is 0 Å². The van der Waals surface area contributed by atoms with Crippen molar-refractivity contribution in [1.82, 2.24) is 0 Å². The summed E-state index contributed by atoms with van der Waals surface area (Å²) >= 11 is 10.7. The topological polar surface area (TPSA) is 72.2 Å². The van der Waals surface area contributed by atoms with Gasteiger partial charge in [-0.1, -0.05) is 29.9 Å². The Balaban J connectivity index is 2.33. The van der Waals surface area contributed by atoms with E-state index < -0.39 is 10.0 Å². The van der Waals surface area contributed by atoms with E-state index in [-0.39, 0.29) is 9.88 Å². The van der Waals surface area contributed by atoms with Crippen molar-refractivity contribution in [1.29, 1.82) is 0 Å². The quantitative estimate of drug-likeness (QED) is 0.839. The van der Waals surface area contributed by atoms with Crippen molar-refractivity contribution < 1.29 is 8.42 Å². The number of nitrogens with one attached hydrogen (secondary N) is 1. The van der Waals surface area contributed by atoms with E-state index >= 15 is 0 Å². The molecule has 0 bridgehead atoms. The summed E-state index contributed by atoms with van der Waals surface area (Å²) in [6.45, 7) is 1.76. The average molecular weight is 341 g/mol. The van der Waals surface area contributed by atoms with Crippen molar-refractivity contribution in [3.05, 3.63) is 58.6 Å². The van der Waals surface area contributed by atoms with Gasteiger partial charge in [0.05, 0.1) is 4.90 Å². The standard InChI is InChI=1S/C14H13ClN2O2S2/c1-9-8-12(6-7-13(9)14(16)20)21(18,19)17-11-4-2-10(15)3-5-11/h2-8,17H,1H3,(H2,16,20). The molecule has 0 heterocycles. The third-order valence-corrected chi connectivity index (χ3v) is 4.72. The Hall–Kier alpha value is -1.63. The van der Waals surface area contributed by atoms with Gasteiger partial charge in [-0.2, -0.15) is 0 Å². The van der Waals surface area contributed by atoms with E-state index in [1.165, 1.54) is 12.1 Å². The zero-order chi connectivity index (χ0) is 15.6. The molecule has 0 aromatic heterocycles. The lowest BCUT2D eigenvalue weighted by molar-refractivity contribution is 0.601. The molecule has 0 amide bonds. The lowest BCUT2D eigenvalue weighted by Crippen LogP contribution is -2.15. The van der Waals surface area contributed by atoms with Crippen molar-refractivity contribution in [3.63, 3.8) is 0 Å². The predicted molar refractivity (Wildman–Crippen MR) is 89.3 cm³/mol. The minimum Gasteiger partial charge on any atom is -0.389 e. The average Bonchev–Trinajstić information content (AvgIpc) is 2.40. The molecule has 2 aromatic rings. The van der Waals surface area contributed by atoms with E-state index in [9.17, 15) is 8.42 Å². The molecule has 110 valence electrons. The molecule has 0 fully saturated rings. The van der Waals surface area contributed by atoms with Crippen molar-refractivity contribution in [2.75, 3.05) is 4.72 Å². The van der Waals surface area contributed by atoms with Crippen LogP contribution in [0.2, 0.25) is 5.02 Å². The second-order valence-electron chi connectivity index (χ2n) is 4.45. The van der Waals surface area contributed by atoms with Gasteiger partial charge in [0.25, 0.3) is 10.0 Å². The fraction of sp³-hybridized carbons (Fsp3) is 0.0714. The Morgan fingerprint density at radius 3 is 2.33 bits per heavy atom. The summed E-state index contributed by atoms with van der Waals surface area (Å²) in [5, 5.41) is 0.537. The maximum atomic E-state index is 12.3. The predicted octanol–water partition coefficient (Wildman–Crippen LogP) is 3.08. The molecule has 0 saturated heterocycles. The fourth-order valence-electron chi connectivity index (χ4n) is 1.81. The van der Waals surface area contributed by atoms with Gasteiger partial charge in [0.2, 0.25) is 0 Å². The highest BCUT2D eigenvalue weighted by atomic mass is 35.5. The highest BCUT2D eigenvalue weighted by Gasteiger charge is 2.15. The van der Waals surface area contributed by atoms with E-state index in [0.717, 1.165) is 0 Å². The molecule has 21 heavy (non-hydrogen) atoms. The van der Waals surface area contributed by atoms with Crippen LogP contribution in [0.1, 0.15) is 11.1 Å². The molecule has 0 spiro atoms. The van der Waals surface area contributed by atoms with E-state index in [1.54, 1.807) is 37.3 Å². The molecule has 0 saturated carbocycles. The third-order valence-electron chi connectivity index (χ3n) is 2.87. The Morgan fingerprint density at radius 1 is 1.19 bits per heavy atom. The molecule has 0 aliphatic carbocycles. The molecular formula is C14H13ClN2O2S2. The van der Waals surface area contributed by atoms with Gasteiger partial charge in [-0.05, 0) is 48.9 Å². The molecular weight excluding hydrogens is 328 g/mol. The molecule has 0 atom stereocenters. The smallest absolute Gasteiger partial charge is 0.261 e. The normalized spacial score (nSPS) is 11.1. The highest BCUT2D eigenvalue weighted by Crippen LogP contribution is 2.20. The first-order chi connectivity index (χ1) is 9.79. The van der Waals surface area contributed by atoms with Gasteiger partial charge in [-0.3, -0.25) is 4.72 Å². The Kier molecular flexibility index (Phi) is 4.51. The summed E-state index contributed by atoms with van der Waals surface area (Å²) in [7, 11) is -3.67. The number of hydrogen-bond donors (Lipinski definition) is 2. The van der Waals surface area contributed by atoms with E-state index in [2.05, 4.69) is 4.72 Å². The maximum Gasteiger partial charge on any atom is 0.261 e. The SMILES string of the molecule is Cc1cc(S(=O)(=O)Nc2ccc(Cl)cc2)ccc1C(N)=S. The summed E-state index contributed by atoms with van der Waals surface area (Å²) in [5.74, 6) is 0. The van der Waals surface area contributed by atoms with Crippen LogP contribution in [0.25, 0.3) is 0 Å². The first-order valence-corrected chi connectivity index (χ1v) is 8.25. The van der Waals surface area contributed by atoms with Crippen molar-refractivity contribution in [2.45, 2.75) is 11.8 Å². The second-order valence-corrected chi connectivity index (χ2v) is 7.01. The number of halogens is 1. The number of thiocarbonyl (C=S) groups is 1. The van der Waals surface area contributed by atoms with Crippen LogP contribution in [-0.4, -0.2) is 13.4 Å². The Labute approximate surface area is 134 Å². The molecule has 3 N–H and O–H groups in total. The maximum absolute atomic E-state index is 12.3. The summed E-state index contributed by atoms with van der Waals surface area (Å²) in [5.41, 5.74) is 7.38. The van der Waals surface area contributed by atoms with Crippen LogP contribution in [0.3, 0.4) is 0 Å². The summed E-state index contributed by atoms with van der Waals surface area (Å²) in [6, 6.07) is 11.0. The number of sulfonamides is 1. The molecule has 2 rings (SSSR count). The lowest BCUT2D eigenvalue weighted by Gasteiger charge is -2.10. The van der Waals surface area contributed by atoms with Gasteiger partial charge in [-0.25, -0.2) is 8.42 Å². The van der Waals surface area contributed by atoms with Gasteiger partial charge < -0.3 is 5.73 Å². The van der Waals surface area contributed by atoms with E-state index in [0.29, 0.717) is 21.8 Å². The molecule has 2 aromatic carbocycles.